The van der Waals surface area contributed by atoms with Gasteiger partial charge in [0.15, 0.2) is 0 Å². The minimum absolute atomic E-state index is 0. The topological polar surface area (TPSA) is 39.7 Å². The molecule has 0 radical (unpaired) electrons. The minimum Gasteiger partial charge on any atom is -1.00 e. The van der Waals surface area contributed by atoms with E-state index >= 15 is 0 Å². The molecule has 4 N–H and O–H groups in total. The molecule has 0 aromatic rings. The van der Waals surface area contributed by atoms with E-state index in [0.717, 1.165) is 0 Å². The molecule has 0 aliphatic carbocycles. The van der Waals surface area contributed by atoms with Crippen molar-refractivity contribution in [1.29, 1.82) is 0 Å². The number of thiocarbonyl (C=S) groups is 1. The van der Waals surface area contributed by atoms with Crippen LogP contribution in [-0.2, 0) is 0 Å². The quantitative estimate of drug-likeness (QED) is 0.423. The van der Waals surface area contributed by atoms with Gasteiger partial charge in [-0.3, -0.25) is 0 Å². The highest BCUT2D eigenvalue weighted by Crippen LogP contribution is 2.17. The fraction of sp³-hybridized carbons (Fsp3) is 0.750. The molecule has 0 rings (SSSR count). The van der Waals surface area contributed by atoms with Gasteiger partial charge in [-0.05, 0) is 0 Å². The molecule has 7 heteroatoms. The average molecular weight is 300 g/mol. The van der Waals surface area contributed by atoms with Crippen molar-refractivity contribution in [3.8, 4) is 0 Å². The lowest BCUT2D eigenvalue weighted by atomic mass is 10.4. The summed E-state index contributed by atoms with van der Waals surface area (Å²) in [7, 11) is 0. The molecule has 0 aliphatic rings. The highest BCUT2D eigenvalue weighted by molar-refractivity contribution is 7.79. The Morgan fingerprint density at radius 2 is 1.91 bits per heavy atom. The van der Waals surface area contributed by atoms with Crippen LogP contribution in [0.15, 0.2) is 0 Å². The summed E-state index contributed by atoms with van der Waals surface area (Å²) in [5, 5.41) is 2.45. The van der Waals surface area contributed by atoms with Crippen LogP contribution in [0.3, 0.4) is 0 Å². The van der Waals surface area contributed by atoms with Crippen LogP contribution in [0.1, 0.15) is 6.42 Å². The lowest BCUT2D eigenvalue weighted by Gasteiger charge is -2.04. The Bertz CT molecular complexity index is 127. The van der Waals surface area contributed by atoms with Crippen molar-refractivity contribution < 1.29 is 42.9 Å². The molecule has 11 heavy (non-hydrogen) atoms. The molecule has 68 valence electrons. The minimum atomic E-state index is -4.11. The van der Waals surface area contributed by atoms with Crippen LogP contribution in [0.5, 0.6) is 0 Å². The number of quaternary nitrogens is 1. The zero-order valence-electron chi connectivity index (χ0n) is 5.54. The summed E-state index contributed by atoms with van der Waals surface area (Å²) in [4.78, 5) is 0. The molecule has 2 nitrogen and oxygen atoms in total. The largest absolute Gasteiger partial charge is 1.00 e. The van der Waals surface area contributed by atoms with Crippen LogP contribution < -0.4 is 35.0 Å². The third-order valence-electron chi connectivity index (χ3n) is 0.731. The maximum atomic E-state index is 11.4. The lowest BCUT2D eigenvalue weighted by molar-refractivity contribution is -0.215. The Hall–Kier alpha value is 0.370. The van der Waals surface area contributed by atoms with E-state index in [1.54, 1.807) is 0 Å². The van der Waals surface area contributed by atoms with Crippen molar-refractivity contribution in [2.24, 2.45) is 0 Å². The van der Waals surface area contributed by atoms with Crippen LogP contribution in [0.2, 0.25) is 0 Å². The molecule has 0 amide bonds. The zero-order chi connectivity index (χ0) is 8.20. The SMILES string of the molecule is [I-].[NH3+]C(=S)NCCC(F)(F)F. The maximum Gasteiger partial charge on any atom is 0.390 e. The zero-order valence-corrected chi connectivity index (χ0v) is 8.52. The molecular formula is C4H8F3IN2S. The Kier molecular flexibility index (Phi) is 7.53. The molecular weight excluding hydrogens is 292 g/mol. The van der Waals surface area contributed by atoms with Crippen molar-refractivity contribution in [3.05, 3.63) is 0 Å². The van der Waals surface area contributed by atoms with E-state index in [4.69, 9.17) is 0 Å². The first kappa shape index (κ1) is 13.9. The first-order chi connectivity index (χ1) is 4.42. The van der Waals surface area contributed by atoms with Crippen molar-refractivity contribution in [3.63, 3.8) is 0 Å². The van der Waals surface area contributed by atoms with E-state index < -0.39 is 12.6 Å². The number of rotatable bonds is 2. The third-order valence-corrected chi connectivity index (χ3v) is 0.875. The molecule has 0 unspecified atom stereocenters. The van der Waals surface area contributed by atoms with Gasteiger partial charge in [0.1, 0.15) is 0 Å². The number of halogens is 4. The normalized spacial score (nSPS) is 10.2. The molecule has 0 aliphatic heterocycles. The fourth-order valence-electron chi connectivity index (χ4n) is 0.344. The Morgan fingerprint density at radius 3 is 2.18 bits per heavy atom. The van der Waals surface area contributed by atoms with Gasteiger partial charge < -0.3 is 35.0 Å². The van der Waals surface area contributed by atoms with Gasteiger partial charge in [0.05, 0.1) is 6.42 Å². The summed E-state index contributed by atoms with van der Waals surface area (Å²) in [6, 6.07) is 0. The van der Waals surface area contributed by atoms with Crippen molar-refractivity contribution in [2.75, 3.05) is 6.54 Å². The van der Waals surface area contributed by atoms with Gasteiger partial charge >= 0.3 is 6.18 Å². The number of alkyl halides is 3. The molecule has 0 spiro atoms. The smallest absolute Gasteiger partial charge is 0.390 e. The average Bonchev–Trinajstić information content (AvgIpc) is 1.59. The van der Waals surface area contributed by atoms with Crippen LogP contribution in [0.25, 0.3) is 0 Å². The van der Waals surface area contributed by atoms with Gasteiger partial charge in [-0.1, -0.05) is 0 Å². The molecule has 0 atom stereocenters. The van der Waals surface area contributed by atoms with Gasteiger partial charge in [0.2, 0.25) is 0 Å². The first-order valence-corrected chi connectivity index (χ1v) is 2.99. The third kappa shape index (κ3) is 13.4. The van der Waals surface area contributed by atoms with Crippen molar-refractivity contribution in [2.45, 2.75) is 12.6 Å². The van der Waals surface area contributed by atoms with Gasteiger partial charge in [-0.15, -0.1) is 0 Å². The molecule has 0 aromatic heterocycles. The highest BCUT2D eigenvalue weighted by Gasteiger charge is 2.26. The van der Waals surface area contributed by atoms with Gasteiger partial charge in [0, 0.05) is 18.8 Å². The van der Waals surface area contributed by atoms with E-state index in [2.05, 4.69) is 23.3 Å². The number of hydrogen-bond donors (Lipinski definition) is 2. The number of hydrogen-bond acceptors (Lipinski definition) is 1. The van der Waals surface area contributed by atoms with Gasteiger partial charge in [-0.2, -0.15) is 13.2 Å². The van der Waals surface area contributed by atoms with Gasteiger partial charge in [-0.25, -0.2) is 0 Å². The molecule has 0 fully saturated rings. The monoisotopic (exact) mass is 300 g/mol. The van der Waals surface area contributed by atoms with Crippen LogP contribution >= 0.6 is 12.2 Å². The molecule has 0 bridgehead atoms. The van der Waals surface area contributed by atoms with E-state index in [-0.39, 0.29) is 35.6 Å². The highest BCUT2D eigenvalue weighted by atomic mass is 127. The summed E-state index contributed by atoms with van der Waals surface area (Å²) >= 11 is 4.39. The van der Waals surface area contributed by atoms with E-state index in [1.165, 1.54) is 0 Å². The maximum absolute atomic E-state index is 11.4. The first-order valence-electron chi connectivity index (χ1n) is 2.58. The van der Waals surface area contributed by atoms with Crippen molar-refractivity contribution in [1.82, 2.24) is 5.32 Å². The predicted molar refractivity (Wildman–Crippen MR) is 34.2 cm³/mol. The van der Waals surface area contributed by atoms with Crippen LogP contribution in [-0.4, -0.2) is 17.8 Å². The Balaban J connectivity index is 0. The lowest BCUT2D eigenvalue weighted by Crippen LogP contribution is -3.00. The Labute approximate surface area is 84.7 Å². The summed E-state index contributed by atoms with van der Waals surface area (Å²) in [6.07, 6.45) is -4.99. The van der Waals surface area contributed by atoms with E-state index in [9.17, 15) is 13.2 Å². The Morgan fingerprint density at radius 1 is 1.45 bits per heavy atom. The fourth-order valence-corrected chi connectivity index (χ4v) is 0.446. The predicted octanol–water partition coefficient (Wildman–Crippen LogP) is -2.94. The second-order valence-electron chi connectivity index (χ2n) is 1.72. The van der Waals surface area contributed by atoms with Crippen LogP contribution in [0, 0.1) is 0 Å². The van der Waals surface area contributed by atoms with Gasteiger partial charge in [0.25, 0.3) is 5.11 Å². The van der Waals surface area contributed by atoms with Crippen molar-refractivity contribution >= 4 is 17.3 Å². The number of nitrogens with one attached hydrogen (secondary N) is 1. The molecule has 0 aromatic carbocycles. The molecule has 0 saturated carbocycles. The summed E-state index contributed by atoms with van der Waals surface area (Å²) < 4.78 is 34.2. The van der Waals surface area contributed by atoms with E-state index in [0.29, 0.717) is 0 Å². The summed E-state index contributed by atoms with van der Waals surface area (Å²) in [5.74, 6) is 0. The molecule has 0 saturated heterocycles. The second kappa shape index (κ2) is 5.95. The van der Waals surface area contributed by atoms with E-state index in [1.807, 2.05) is 0 Å². The summed E-state index contributed by atoms with van der Waals surface area (Å²) in [5.41, 5.74) is 3.21. The van der Waals surface area contributed by atoms with Crippen LogP contribution in [0.4, 0.5) is 13.2 Å². The summed E-state index contributed by atoms with van der Waals surface area (Å²) in [6.45, 7) is -0.189. The molecule has 0 heterocycles. The standard InChI is InChI=1S/C4H7F3N2S.HI/c5-4(6,7)1-2-9-3(8)10;/h1-2H2,(H3,8,9,10);1H. The second-order valence-corrected chi connectivity index (χ2v) is 2.21.